The second-order valence-corrected chi connectivity index (χ2v) is 4.80. The molecule has 94 valence electrons. The fourth-order valence-corrected chi connectivity index (χ4v) is 2.44. The summed E-state index contributed by atoms with van der Waals surface area (Å²) >= 11 is 0. The Morgan fingerprint density at radius 1 is 1.24 bits per heavy atom. The van der Waals surface area contributed by atoms with Crippen LogP contribution in [-0.4, -0.2) is 19.4 Å². The van der Waals surface area contributed by atoms with Gasteiger partial charge >= 0.3 is 0 Å². The third-order valence-corrected chi connectivity index (χ3v) is 3.24. The molecule has 0 radical (unpaired) electrons. The quantitative estimate of drug-likeness (QED) is 0.792. The average Bonchev–Trinajstić information content (AvgIpc) is 2.24. The van der Waals surface area contributed by atoms with E-state index in [2.05, 4.69) is 31.3 Å². The summed E-state index contributed by atoms with van der Waals surface area (Å²) in [5, 5.41) is 3.10. The zero-order chi connectivity index (χ0) is 13.0. The molecule has 0 aromatic heterocycles. The highest BCUT2D eigenvalue weighted by atomic mass is 16.1. The minimum atomic E-state index is 0.0834. The first kappa shape index (κ1) is 13.9. The summed E-state index contributed by atoms with van der Waals surface area (Å²) in [5.41, 5.74) is 4.33. The molecule has 2 heteroatoms. The van der Waals surface area contributed by atoms with Crippen molar-refractivity contribution >= 4 is 5.78 Å². The monoisotopic (exact) mass is 233 g/mol. The fourth-order valence-electron chi connectivity index (χ4n) is 2.44. The van der Waals surface area contributed by atoms with E-state index in [0.29, 0.717) is 0 Å². The minimum absolute atomic E-state index is 0.0834. The predicted octanol–water partition coefficient (Wildman–Crippen LogP) is 3.04. The second-order valence-electron chi connectivity index (χ2n) is 4.80. The lowest BCUT2D eigenvalue weighted by molar-refractivity contribution is 0.0915. The third kappa shape index (κ3) is 3.16. The summed E-state index contributed by atoms with van der Waals surface area (Å²) in [6.07, 6.45) is 0.881. The first-order valence-corrected chi connectivity index (χ1v) is 6.27. The Balaban J connectivity index is 3.11. The summed E-state index contributed by atoms with van der Waals surface area (Å²) in [6.45, 7) is 8.94. The van der Waals surface area contributed by atoms with Gasteiger partial charge in [-0.25, -0.2) is 0 Å². The maximum absolute atomic E-state index is 12.5. The average molecular weight is 233 g/mol. The number of aryl methyl sites for hydroxylation is 3. The van der Waals surface area contributed by atoms with Gasteiger partial charge in [0.05, 0.1) is 0 Å². The normalized spacial score (nSPS) is 12.5. The largest absolute Gasteiger partial charge is 0.319 e. The van der Waals surface area contributed by atoms with Crippen LogP contribution in [0, 0.1) is 26.7 Å². The maximum Gasteiger partial charge on any atom is 0.167 e. The number of hydrogen-bond acceptors (Lipinski definition) is 2. The van der Waals surface area contributed by atoms with E-state index < -0.39 is 0 Å². The molecule has 0 aliphatic rings. The van der Waals surface area contributed by atoms with Gasteiger partial charge in [0.15, 0.2) is 5.78 Å². The van der Waals surface area contributed by atoms with Crippen LogP contribution in [0.5, 0.6) is 0 Å². The number of carbonyl (C=O) groups excluding carboxylic acids is 1. The van der Waals surface area contributed by atoms with E-state index in [1.54, 1.807) is 0 Å². The number of carbonyl (C=O) groups is 1. The number of nitrogens with one attached hydrogen (secondary N) is 1. The zero-order valence-electron chi connectivity index (χ0n) is 11.6. The molecule has 0 amide bonds. The molecule has 0 saturated carbocycles. The van der Waals surface area contributed by atoms with Crippen molar-refractivity contribution in [1.82, 2.24) is 5.32 Å². The molecule has 0 aliphatic heterocycles. The van der Waals surface area contributed by atoms with Gasteiger partial charge in [-0.3, -0.25) is 4.79 Å². The molecule has 1 unspecified atom stereocenters. The first-order valence-electron chi connectivity index (χ1n) is 6.27. The number of benzene rings is 1. The van der Waals surface area contributed by atoms with E-state index >= 15 is 0 Å². The molecule has 0 fully saturated rings. The van der Waals surface area contributed by atoms with Crippen molar-refractivity contribution in [2.75, 3.05) is 13.6 Å². The van der Waals surface area contributed by atoms with Crippen molar-refractivity contribution in [3.8, 4) is 0 Å². The summed E-state index contributed by atoms with van der Waals surface area (Å²) in [6, 6.07) is 4.18. The smallest absolute Gasteiger partial charge is 0.167 e. The molecule has 0 spiro atoms. The lowest BCUT2D eigenvalue weighted by Crippen LogP contribution is -2.26. The number of hydrogen-bond donors (Lipinski definition) is 1. The number of ketones is 1. The molecular weight excluding hydrogens is 210 g/mol. The lowest BCUT2D eigenvalue weighted by Gasteiger charge is -2.17. The summed E-state index contributed by atoms with van der Waals surface area (Å²) in [5.74, 6) is 0.358. The van der Waals surface area contributed by atoms with Crippen LogP contribution in [0.4, 0.5) is 0 Å². The molecule has 1 aromatic rings. The molecule has 2 nitrogen and oxygen atoms in total. The second kappa shape index (κ2) is 5.97. The van der Waals surface area contributed by atoms with Crippen molar-refractivity contribution in [2.24, 2.45) is 5.92 Å². The molecule has 1 atom stereocenters. The summed E-state index contributed by atoms with van der Waals surface area (Å²) in [7, 11) is 1.89. The van der Waals surface area contributed by atoms with Gasteiger partial charge in [-0.05, 0) is 45.4 Å². The molecular formula is C15H23NO. The van der Waals surface area contributed by atoms with Crippen LogP contribution in [0.1, 0.15) is 40.4 Å². The molecule has 17 heavy (non-hydrogen) atoms. The topological polar surface area (TPSA) is 29.1 Å². The van der Waals surface area contributed by atoms with E-state index in [9.17, 15) is 4.79 Å². The van der Waals surface area contributed by atoms with Crippen molar-refractivity contribution in [2.45, 2.75) is 34.1 Å². The van der Waals surface area contributed by atoms with E-state index in [0.717, 1.165) is 29.7 Å². The highest BCUT2D eigenvalue weighted by molar-refractivity contribution is 6.00. The molecule has 0 bridgehead atoms. The van der Waals surface area contributed by atoms with Gasteiger partial charge in [0, 0.05) is 18.0 Å². The highest BCUT2D eigenvalue weighted by Crippen LogP contribution is 2.21. The van der Waals surface area contributed by atoms with Crippen LogP contribution in [0.15, 0.2) is 12.1 Å². The molecule has 1 N–H and O–H groups in total. The first-order chi connectivity index (χ1) is 8.01. The van der Waals surface area contributed by atoms with Gasteiger partial charge in [0.1, 0.15) is 0 Å². The fraction of sp³-hybridized carbons (Fsp3) is 0.533. The van der Waals surface area contributed by atoms with Crippen molar-refractivity contribution in [3.63, 3.8) is 0 Å². The Kier molecular flexibility index (Phi) is 4.88. The van der Waals surface area contributed by atoms with Crippen LogP contribution in [0.2, 0.25) is 0 Å². The van der Waals surface area contributed by atoms with Crippen molar-refractivity contribution in [1.29, 1.82) is 0 Å². The predicted molar refractivity (Wildman–Crippen MR) is 72.7 cm³/mol. The van der Waals surface area contributed by atoms with E-state index in [1.165, 1.54) is 5.56 Å². The highest BCUT2D eigenvalue weighted by Gasteiger charge is 2.20. The molecule has 0 aliphatic carbocycles. The summed E-state index contributed by atoms with van der Waals surface area (Å²) in [4.78, 5) is 12.5. The SMILES string of the molecule is CCC(CNC)C(=O)c1c(C)cc(C)cc1C. The Labute approximate surface area is 104 Å². The van der Waals surface area contributed by atoms with Crippen LogP contribution in [-0.2, 0) is 0 Å². The van der Waals surface area contributed by atoms with Gasteiger partial charge < -0.3 is 5.32 Å². The number of Topliss-reactive ketones (excluding diaryl/α,β-unsaturated/α-hetero) is 1. The van der Waals surface area contributed by atoms with Crippen molar-refractivity contribution in [3.05, 3.63) is 34.4 Å². The lowest BCUT2D eigenvalue weighted by atomic mass is 9.89. The maximum atomic E-state index is 12.5. The summed E-state index contributed by atoms with van der Waals surface area (Å²) < 4.78 is 0. The van der Waals surface area contributed by atoms with Crippen LogP contribution < -0.4 is 5.32 Å². The Hall–Kier alpha value is -1.15. The Bertz CT molecular complexity index is 386. The number of rotatable bonds is 5. The molecule has 1 aromatic carbocycles. The van der Waals surface area contributed by atoms with Gasteiger partial charge in [-0.1, -0.05) is 24.6 Å². The Morgan fingerprint density at radius 2 is 1.76 bits per heavy atom. The standard InChI is InChI=1S/C15H23NO/c1-6-13(9-16-5)15(17)14-11(3)7-10(2)8-12(14)4/h7-8,13,16H,6,9H2,1-5H3. The van der Waals surface area contributed by atoms with Gasteiger partial charge in [-0.15, -0.1) is 0 Å². The van der Waals surface area contributed by atoms with Crippen molar-refractivity contribution < 1.29 is 4.79 Å². The van der Waals surface area contributed by atoms with Gasteiger partial charge in [0.2, 0.25) is 0 Å². The van der Waals surface area contributed by atoms with Gasteiger partial charge in [0.25, 0.3) is 0 Å². The Morgan fingerprint density at radius 3 is 2.18 bits per heavy atom. The van der Waals surface area contributed by atoms with Crippen LogP contribution in [0.25, 0.3) is 0 Å². The van der Waals surface area contributed by atoms with Crippen LogP contribution >= 0.6 is 0 Å². The van der Waals surface area contributed by atoms with Crippen LogP contribution in [0.3, 0.4) is 0 Å². The van der Waals surface area contributed by atoms with Gasteiger partial charge in [-0.2, -0.15) is 0 Å². The zero-order valence-corrected chi connectivity index (χ0v) is 11.6. The molecule has 0 heterocycles. The van der Waals surface area contributed by atoms with E-state index in [-0.39, 0.29) is 11.7 Å². The van der Waals surface area contributed by atoms with E-state index in [1.807, 2.05) is 20.9 Å². The molecule has 0 saturated heterocycles. The van der Waals surface area contributed by atoms with E-state index in [4.69, 9.17) is 0 Å². The molecule has 1 rings (SSSR count). The third-order valence-electron chi connectivity index (χ3n) is 3.24. The minimum Gasteiger partial charge on any atom is -0.319 e.